The largest absolute Gasteiger partial charge is 0.481 e. The number of hydrogen-bond acceptors (Lipinski definition) is 5. The maximum absolute atomic E-state index is 12.2. The van der Waals surface area contributed by atoms with Gasteiger partial charge in [-0.15, -0.1) is 11.8 Å². The molecule has 1 aromatic rings. The molecule has 21 heavy (non-hydrogen) atoms. The lowest BCUT2D eigenvalue weighted by atomic mass is 10.2. The van der Waals surface area contributed by atoms with Gasteiger partial charge in [-0.05, 0) is 27.7 Å². The zero-order valence-corrected chi connectivity index (χ0v) is 13.7. The Morgan fingerprint density at radius 2 is 2.10 bits per heavy atom. The maximum Gasteiger partial charge on any atom is 0.305 e. The molecule has 118 valence electrons. The number of nitrogens with zero attached hydrogens (tertiary/aromatic N) is 2. The second-order valence-corrected chi connectivity index (χ2v) is 5.91. The van der Waals surface area contributed by atoms with Gasteiger partial charge in [-0.1, -0.05) is 5.16 Å². The van der Waals surface area contributed by atoms with Crippen LogP contribution in [0.3, 0.4) is 0 Å². The smallest absolute Gasteiger partial charge is 0.305 e. The first-order valence-electron chi connectivity index (χ1n) is 6.87. The molecule has 7 heteroatoms. The third-order valence-corrected chi connectivity index (χ3v) is 4.26. The third kappa shape index (κ3) is 5.08. The molecular formula is C14H22N2O4S. The first kappa shape index (κ1) is 17.6. The lowest BCUT2D eigenvalue weighted by molar-refractivity contribution is -0.139. The Bertz CT molecular complexity index is 482. The Labute approximate surface area is 128 Å². The molecule has 1 unspecified atom stereocenters. The molecule has 6 nitrogen and oxygen atoms in total. The minimum atomic E-state index is -0.892. The lowest BCUT2D eigenvalue weighted by Crippen LogP contribution is -2.40. The quantitative estimate of drug-likeness (QED) is 0.792. The van der Waals surface area contributed by atoms with Gasteiger partial charge in [0.1, 0.15) is 5.76 Å². The number of aromatic nitrogens is 1. The van der Waals surface area contributed by atoms with Crippen molar-refractivity contribution in [1.29, 1.82) is 0 Å². The summed E-state index contributed by atoms with van der Waals surface area (Å²) in [6.45, 7) is 7.86. The predicted octanol–water partition coefficient (Wildman–Crippen LogP) is 2.24. The van der Waals surface area contributed by atoms with Crippen molar-refractivity contribution in [3.63, 3.8) is 0 Å². The van der Waals surface area contributed by atoms with Crippen LogP contribution in [0.25, 0.3) is 0 Å². The average molecular weight is 314 g/mol. The zero-order valence-electron chi connectivity index (χ0n) is 12.9. The van der Waals surface area contributed by atoms with Crippen LogP contribution in [0, 0.1) is 13.8 Å². The summed E-state index contributed by atoms with van der Waals surface area (Å²) in [6.07, 6.45) is -0.0336. The molecule has 1 amide bonds. The molecule has 0 aliphatic rings. The van der Waals surface area contributed by atoms with Gasteiger partial charge in [-0.3, -0.25) is 9.59 Å². The zero-order chi connectivity index (χ0) is 16.0. The highest BCUT2D eigenvalue weighted by atomic mass is 32.2. The van der Waals surface area contributed by atoms with Gasteiger partial charge >= 0.3 is 5.97 Å². The van der Waals surface area contributed by atoms with Crippen LogP contribution in [0.2, 0.25) is 0 Å². The Hall–Kier alpha value is -1.50. The number of aryl methyl sites for hydroxylation is 2. The molecule has 1 rings (SSSR count). The number of rotatable bonds is 8. The van der Waals surface area contributed by atoms with Gasteiger partial charge in [0, 0.05) is 23.9 Å². The monoisotopic (exact) mass is 314 g/mol. The van der Waals surface area contributed by atoms with E-state index in [0.29, 0.717) is 18.1 Å². The summed E-state index contributed by atoms with van der Waals surface area (Å²) in [4.78, 5) is 24.5. The van der Waals surface area contributed by atoms with E-state index in [1.165, 1.54) is 11.8 Å². The highest BCUT2D eigenvalue weighted by Crippen LogP contribution is 2.20. The number of carbonyl (C=O) groups is 2. The number of thioether (sulfide) groups is 1. The number of hydrogen-bond donors (Lipinski definition) is 1. The summed E-state index contributed by atoms with van der Waals surface area (Å²) in [7, 11) is 0. The number of carboxylic acid groups (broad SMARTS) is 1. The van der Waals surface area contributed by atoms with E-state index in [1.807, 2.05) is 20.8 Å². The predicted molar refractivity (Wildman–Crippen MR) is 81.2 cm³/mol. The second kappa shape index (κ2) is 8.07. The molecule has 0 fully saturated rings. The fourth-order valence-corrected chi connectivity index (χ4v) is 3.19. The molecule has 0 bridgehead atoms. The molecule has 1 heterocycles. The van der Waals surface area contributed by atoms with E-state index >= 15 is 0 Å². The Kier molecular flexibility index (Phi) is 6.74. The van der Waals surface area contributed by atoms with Crippen molar-refractivity contribution in [3.05, 3.63) is 17.0 Å². The summed E-state index contributed by atoms with van der Waals surface area (Å²) in [5.41, 5.74) is 1.87. The molecule has 1 atom stereocenters. The van der Waals surface area contributed by atoms with E-state index in [4.69, 9.17) is 9.63 Å². The van der Waals surface area contributed by atoms with Gasteiger partial charge in [-0.25, -0.2) is 0 Å². The van der Waals surface area contributed by atoms with Crippen LogP contribution in [0.15, 0.2) is 4.52 Å². The summed E-state index contributed by atoms with van der Waals surface area (Å²) in [5.74, 6) is 0.832. The number of aliphatic carboxylic acids is 1. The molecule has 1 N–H and O–H groups in total. The fourth-order valence-electron chi connectivity index (χ4n) is 2.13. The minimum absolute atomic E-state index is 0.0336. The molecule has 1 aromatic heterocycles. The number of carbonyl (C=O) groups excluding carboxylic acids is 1. The normalized spacial score (nSPS) is 12.2. The molecule has 0 aromatic carbocycles. The van der Waals surface area contributed by atoms with Crippen molar-refractivity contribution in [1.82, 2.24) is 10.1 Å². The minimum Gasteiger partial charge on any atom is -0.481 e. The van der Waals surface area contributed by atoms with E-state index in [1.54, 1.807) is 11.8 Å². The Balaban J connectivity index is 2.50. The SMILES string of the molecule is CCN(C(=O)CSCc1c(C)noc1C)C(C)CC(=O)O. The summed E-state index contributed by atoms with van der Waals surface area (Å²) in [6, 6.07) is -0.292. The van der Waals surface area contributed by atoms with Gasteiger partial charge in [-0.2, -0.15) is 0 Å². The Morgan fingerprint density at radius 1 is 1.43 bits per heavy atom. The Morgan fingerprint density at radius 3 is 2.57 bits per heavy atom. The van der Waals surface area contributed by atoms with Crippen molar-refractivity contribution >= 4 is 23.6 Å². The maximum atomic E-state index is 12.2. The van der Waals surface area contributed by atoms with Crippen molar-refractivity contribution in [2.24, 2.45) is 0 Å². The fraction of sp³-hybridized carbons (Fsp3) is 0.643. The van der Waals surface area contributed by atoms with Crippen molar-refractivity contribution < 1.29 is 19.2 Å². The summed E-state index contributed by atoms with van der Waals surface area (Å²) < 4.78 is 5.08. The van der Waals surface area contributed by atoms with Crippen molar-refractivity contribution in [3.8, 4) is 0 Å². The van der Waals surface area contributed by atoms with E-state index in [2.05, 4.69) is 5.16 Å². The van der Waals surface area contributed by atoms with E-state index in [-0.39, 0.29) is 18.4 Å². The van der Waals surface area contributed by atoms with Crippen LogP contribution in [-0.2, 0) is 15.3 Å². The van der Waals surface area contributed by atoms with Gasteiger partial charge in [0.2, 0.25) is 5.91 Å². The summed E-state index contributed by atoms with van der Waals surface area (Å²) in [5, 5.41) is 12.7. The lowest BCUT2D eigenvalue weighted by Gasteiger charge is -2.26. The van der Waals surface area contributed by atoms with Gasteiger partial charge < -0.3 is 14.5 Å². The first-order chi connectivity index (χ1) is 9.86. The molecule has 0 saturated heterocycles. The van der Waals surface area contributed by atoms with Crippen LogP contribution in [-0.4, -0.2) is 45.4 Å². The van der Waals surface area contributed by atoms with E-state index in [9.17, 15) is 9.59 Å². The highest BCUT2D eigenvalue weighted by molar-refractivity contribution is 7.99. The van der Waals surface area contributed by atoms with Crippen molar-refractivity contribution in [2.45, 2.75) is 45.9 Å². The molecule has 0 aliphatic heterocycles. The van der Waals surface area contributed by atoms with Gasteiger partial charge in [0.25, 0.3) is 0 Å². The molecule has 0 spiro atoms. The first-order valence-corrected chi connectivity index (χ1v) is 8.03. The molecular weight excluding hydrogens is 292 g/mol. The number of amides is 1. The average Bonchev–Trinajstić information content (AvgIpc) is 2.70. The highest BCUT2D eigenvalue weighted by Gasteiger charge is 2.20. The van der Waals surface area contributed by atoms with Gasteiger partial charge in [0.05, 0.1) is 17.9 Å². The summed E-state index contributed by atoms with van der Waals surface area (Å²) >= 11 is 1.49. The van der Waals surface area contributed by atoms with Crippen LogP contribution in [0.1, 0.15) is 37.3 Å². The van der Waals surface area contributed by atoms with E-state index in [0.717, 1.165) is 17.0 Å². The van der Waals surface area contributed by atoms with Crippen molar-refractivity contribution in [2.75, 3.05) is 12.3 Å². The standard InChI is InChI=1S/C14H22N2O4S/c1-5-16(9(2)6-14(18)19)13(17)8-21-7-12-10(3)15-20-11(12)4/h9H,5-8H2,1-4H3,(H,18,19). The molecule has 0 saturated carbocycles. The molecule has 0 aliphatic carbocycles. The second-order valence-electron chi connectivity index (χ2n) is 4.92. The third-order valence-electron chi connectivity index (χ3n) is 3.32. The van der Waals surface area contributed by atoms with Crippen LogP contribution in [0.4, 0.5) is 0 Å². The topological polar surface area (TPSA) is 83.6 Å². The van der Waals surface area contributed by atoms with Gasteiger partial charge in [0.15, 0.2) is 0 Å². The van der Waals surface area contributed by atoms with Crippen LogP contribution in [0.5, 0.6) is 0 Å². The van der Waals surface area contributed by atoms with E-state index < -0.39 is 5.97 Å². The van der Waals surface area contributed by atoms with Crippen LogP contribution < -0.4 is 0 Å². The van der Waals surface area contributed by atoms with Crippen LogP contribution >= 0.6 is 11.8 Å². The molecule has 0 radical (unpaired) electrons. The number of carboxylic acids is 1.